The first kappa shape index (κ1) is 14.8. The Bertz CT molecular complexity index is 333. The molecule has 1 N–H and O–H groups in total. The molecule has 1 aliphatic heterocycles. The van der Waals surface area contributed by atoms with Crippen LogP contribution in [0, 0.1) is 17.3 Å². The third kappa shape index (κ3) is 2.29. The highest BCUT2D eigenvalue weighted by Gasteiger charge is 2.60. The van der Waals surface area contributed by atoms with Gasteiger partial charge in [-0.3, -0.25) is 4.79 Å². The van der Waals surface area contributed by atoms with Crippen molar-refractivity contribution >= 4 is 5.97 Å². The van der Waals surface area contributed by atoms with Crippen molar-refractivity contribution in [3.8, 4) is 0 Å². The van der Waals surface area contributed by atoms with Gasteiger partial charge in [-0.1, -0.05) is 13.8 Å². The van der Waals surface area contributed by atoms with E-state index in [9.17, 15) is 9.90 Å². The monoisotopic (exact) mass is 270 g/mol. The molecule has 4 nitrogen and oxygen atoms in total. The second-order valence-corrected chi connectivity index (χ2v) is 6.42. The van der Waals surface area contributed by atoms with Gasteiger partial charge < -0.3 is 14.6 Å². The lowest BCUT2D eigenvalue weighted by Gasteiger charge is -2.49. The first-order chi connectivity index (χ1) is 8.97. The molecule has 1 heterocycles. The Hall–Kier alpha value is -0.610. The van der Waals surface area contributed by atoms with Gasteiger partial charge in [0.25, 0.3) is 0 Å². The summed E-state index contributed by atoms with van der Waals surface area (Å²) in [6, 6.07) is 0. The zero-order valence-electron chi connectivity index (χ0n) is 12.3. The average molecular weight is 270 g/mol. The molecule has 4 heteroatoms. The minimum atomic E-state index is -0.932. The fraction of sp³-hybridized carbons (Fsp3) is 0.933. The molecule has 0 aromatic heterocycles. The second kappa shape index (κ2) is 5.41. The number of rotatable bonds is 3. The number of hydrogen-bond acceptors (Lipinski definition) is 4. The molecule has 110 valence electrons. The molecule has 0 aromatic rings. The van der Waals surface area contributed by atoms with Crippen LogP contribution in [0.3, 0.4) is 0 Å². The van der Waals surface area contributed by atoms with E-state index in [1.165, 1.54) is 7.11 Å². The molecule has 2 fully saturated rings. The van der Waals surface area contributed by atoms with E-state index in [2.05, 4.69) is 0 Å². The Morgan fingerprint density at radius 1 is 1.21 bits per heavy atom. The van der Waals surface area contributed by atoms with Crippen molar-refractivity contribution in [3.63, 3.8) is 0 Å². The standard InChI is InChI=1S/C15H26O4/c1-11(2)12(13(16)18-3)15(17)6-4-5-14(15)7-9-19-10-8-14/h11-12,17H,4-10H2,1-3H3. The van der Waals surface area contributed by atoms with E-state index in [-0.39, 0.29) is 17.3 Å². The molecule has 0 aromatic carbocycles. The molecule has 2 atom stereocenters. The van der Waals surface area contributed by atoms with E-state index in [4.69, 9.17) is 9.47 Å². The summed E-state index contributed by atoms with van der Waals surface area (Å²) in [7, 11) is 1.41. The summed E-state index contributed by atoms with van der Waals surface area (Å²) in [6.07, 6.45) is 4.38. The van der Waals surface area contributed by atoms with Gasteiger partial charge in [0, 0.05) is 18.6 Å². The van der Waals surface area contributed by atoms with E-state index in [1.807, 2.05) is 13.8 Å². The lowest BCUT2D eigenvalue weighted by Crippen LogP contribution is -2.56. The van der Waals surface area contributed by atoms with Gasteiger partial charge in [0.2, 0.25) is 0 Å². The van der Waals surface area contributed by atoms with Crippen LogP contribution in [0.1, 0.15) is 46.0 Å². The van der Waals surface area contributed by atoms with Gasteiger partial charge in [-0.05, 0) is 38.0 Å². The van der Waals surface area contributed by atoms with Crippen molar-refractivity contribution in [1.82, 2.24) is 0 Å². The second-order valence-electron chi connectivity index (χ2n) is 6.42. The number of hydrogen-bond donors (Lipinski definition) is 1. The van der Waals surface area contributed by atoms with Gasteiger partial charge in [0.05, 0.1) is 18.6 Å². The van der Waals surface area contributed by atoms with E-state index in [0.29, 0.717) is 19.6 Å². The number of carbonyl (C=O) groups is 1. The van der Waals surface area contributed by atoms with Crippen molar-refractivity contribution in [3.05, 3.63) is 0 Å². The molecule has 1 spiro atoms. The summed E-state index contributed by atoms with van der Waals surface area (Å²) in [4.78, 5) is 12.2. The molecular weight excluding hydrogens is 244 g/mol. The Labute approximate surface area is 115 Å². The fourth-order valence-corrected chi connectivity index (χ4v) is 4.25. The molecule has 0 amide bonds. The molecule has 1 aliphatic carbocycles. The highest BCUT2D eigenvalue weighted by molar-refractivity contribution is 5.74. The maximum absolute atomic E-state index is 12.2. The minimum absolute atomic E-state index is 0.0790. The Balaban J connectivity index is 2.34. The molecule has 0 bridgehead atoms. The van der Waals surface area contributed by atoms with Gasteiger partial charge in [-0.15, -0.1) is 0 Å². The summed E-state index contributed by atoms with van der Waals surface area (Å²) in [5.41, 5.74) is -1.09. The third-order valence-electron chi connectivity index (χ3n) is 5.22. The zero-order chi connectivity index (χ0) is 14.1. The van der Waals surface area contributed by atoms with Crippen LogP contribution in [0.4, 0.5) is 0 Å². The van der Waals surface area contributed by atoms with Crippen molar-refractivity contribution in [2.75, 3.05) is 20.3 Å². The molecular formula is C15H26O4. The van der Waals surface area contributed by atoms with Crippen LogP contribution in [0.5, 0.6) is 0 Å². The van der Waals surface area contributed by atoms with E-state index in [0.717, 1.165) is 25.7 Å². The van der Waals surface area contributed by atoms with Crippen LogP contribution in [0.25, 0.3) is 0 Å². The summed E-state index contributed by atoms with van der Waals surface area (Å²) in [5.74, 6) is -0.626. The summed E-state index contributed by atoms with van der Waals surface area (Å²) in [6.45, 7) is 5.36. The van der Waals surface area contributed by atoms with Crippen LogP contribution in [-0.4, -0.2) is 37.0 Å². The third-order valence-corrected chi connectivity index (χ3v) is 5.22. The van der Waals surface area contributed by atoms with Crippen LogP contribution in [-0.2, 0) is 14.3 Å². The smallest absolute Gasteiger partial charge is 0.311 e. The lowest BCUT2D eigenvalue weighted by atomic mass is 9.61. The van der Waals surface area contributed by atoms with Crippen molar-refractivity contribution in [2.24, 2.45) is 17.3 Å². The van der Waals surface area contributed by atoms with Crippen LogP contribution < -0.4 is 0 Å². The number of esters is 1. The number of carbonyl (C=O) groups excluding carboxylic acids is 1. The largest absolute Gasteiger partial charge is 0.469 e. The summed E-state index contributed by atoms with van der Waals surface area (Å²) < 4.78 is 10.4. The quantitative estimate of drug-likeness (QED) is 0.798. The number of aliphatic hydroxyl groups is 1. The highest BCUT2D eigenvalue weighted by Crippen LogP contribution is 2.57. The molecule has 19 heavy (non-hydrogen) atoms. The first-order valence-electron chi connectivity index (χ1n) is 7.35. The summed E-state index contributed by atoms with van der Waals surface area (Å²) >= 11 is 0. The van der Waals surface area contributed by atoms with Gasteiger partial charge in [-0.2, -0.15) is 0 Å². The Kier molecular flexibility index (Phi) is 4.21. The number of methoxy groups -OCH3 is 1. The normalized spacial score (nSPS) is 31.6. The molecule has 1 saturated carbocycles. The Morgan fingerprint density at radius 2 is 1.84 bits per heavy atom. The zero-order valence-corrected chi connectivity index (χ0v) is 12.3. The van der Waals surface area contributed by atoms with Crippen LogP contribution >= 0.6 is 0 Å². The van der Waals surface area contributed by atoms with Gasteiger partial charge in [0.1, 0.15) is 0 Å². The van der Waals surface area contributed by atoms with E-state index in [1.54, 1.807) is 0 Å². The molecule has 2 unspecified atom stereocenters. The predicted molar refractivity (Wildman–Crippen MR) is 71.6 cm³/mol. The van der Waals surface area contributed by atoms with E-state index < -0.39 is 11.5 Å². The SMILES string of the molecule is COC(=O)C(C(C)C)C1(O)CCCC12CCOCC2. The topological polar surface area (TPSA) is 55.8 Å². The van der Waals surface area contributed by atoms with Crippen LogP contribution in [0.15, 0.2) is 0 Å². The number of ether oxygens (including phenoxy) is 2. The lowest BCUT2D eigenvalue weighted by molar-refractivity contribution is -0.183. The molecule has 0 radical (unpaired) electrons. The highest BCUT2D eigenvalue weighted by atomic mass is 16.5. The van der Waals surface area contributed by atoms with Crippen LogP contribution in [0.2, 0.25) is 0 Å². The fourth-order valence-electron chi connectivity index (χ4n) is 4.25. The van der Waals surface area contributed by atoms with Crippen molar-refractivity contribution < 1.29 is 19.4 Å². The molecule has 1 saturated heterocycles. The molecule has 2 rings (SSSR count). The predicted octanol–water partition coefficient (Wildman–Crippen LogP) is 2.14. The maximum Gasteiger partial charge on any atom is 0.311 e. The van der Waals surface area contributed by atoms with Gasteiger partial charge >= 0.3 is 5.97 Å². The van der Waals surface area contributed by atoms with E-state index >= 15 is 0 Å². The van der Waals surface area contributed by atoms with Crippen molar-refractivity contribution in [1.29, 1.82) is 0 Å². The van der Waals surface area contributed by atoms with Gasteiger partial charge in [-0.25, -0.2) is 0 Å². The molecule has 2 aliphatic rings. The minimum Gasteiger partial charge on any atom is -0.469 e. The van der Waals surface area contributed by atoms with Crippen molar-refractivity contribution in [2.45, 2.75) is 51.6 Å². The first-order valence-corrected chi connectivity index (χ1v) is 7.35. The summed E-state index contributed by atoms with van der Waals surface area (Å²) in [5, 5.41) is 11.3. The van der Waals surface area contributed by atoms with Gasteiger partial charge in [0.15, 0.2) is 0 Å². The maximum atomic E-state index is 12.2. The Morgan fingerprint density at radius 3 is 2.37 bits per heavy atom. The average Bonchev–Trinajstić information content (AvgIpc) is 2.67.